The summed E-state index contributed by atoms with van der Waals surface area (Å²) in [5.41, 5.74) is 1.81. The van der Waals surface area contributed by atoms with Gasteiger partial charge in [0.1, 0.15) is 23.0 Å². The third-order valence-corrected chi connectivity index (χ3v) is 5.62. The molecule has 34 heavy (non-hydrogen) atoms. The van der Waals surface area contributed by atoms with Crippen LogP contribution < -0.4 is 24.3 Å². The quantitative estimate of drug-likeness (QED) is 0.379. The van der Waals surface area contributed by atoms with Crippen LogP contribution in [0.15, 0.2) is 36.4 Å². The number of hydrogen-bond donors (Lipinski definition) is 1. The highest BCUT2D eigenvalue weighted by atomic mass is 35.5. The molecule has 0 radical (unpaired) electrons. The molecule has 2 aromatic rings. The summed E-state index contributed by atoms with van der Waals surface area (Å²) in [6.45, 7) is 2.83. The van der Waals surface area contributed by atoms with Gasteiger partial charge in [0.25, 0.3) is 0 Å². The molecule has 2 amide bonds. The highest BCUT2D eigenvalue weighted by Gasteiger charge is 2.32. The van der Waals surface area contributed by atoms with Gasteiger partial charge in [0.15, 0.2) is 0 Å². The van der Waals surface area contributed by atoms with Gasteiger partial charge in [0, 0.05) is 62.5 Å². The Hall–Kier alpha value is -3.17. The van der Waals surface area contributed by atoms with Gasteiger partial charge in [-0.2, -0.15) is 0 Å². The van der Waals surface area contributed by atoms with E-state index in [0.29, 0.717) is 50.8 Å². The Bertz CT molecular complexity index is 985. The summed E-state index contributed by atoms with van der Waals surface area (Å²) in [6, 6.07) is 11.1. The molecule has 10 heteroatoms. The fraction of sp³-hybridized carbons (Fsp3) is 0.417. The van der Waals surface area contributed by atoms with E-state index in [9.17, 15) is 9.59 Å². The molecule has 186 valence electrons. The molecule has 0 bridgehead atoms. The summed E-state index contributed by atoms with van der Waals surface area (Å²) < 4.78 is 21.2. The third-order valence-electron chi connectivity index (χ3n) is 5.62. The number of carbonyl (C=O) groups excluding carboxylic acids is 2. The number of carbonyl (C=O) groups is 2. The van der Waals surface area contributed by atoms with Gasteiger partial charge in [-0.1, -0.05) is 6.07 Å². The molecule has 0 unspecified atom stereocenters. The summed E-state index contributed by atoms with van der Waals surface area (Å²) in [4.78, 5) is 28.5. The molecule has 0 saturated carbocycles. The van der Waals surface area contributed by atoms with E-state index in [1.54, 1.807) is 44.3 Å². The monoisotopic (exact) mass is 493 g/mol. The lowest BCUT2D eigenvalue weighted by Gasteiger charge is -2.34. The molecule has 1 N–H and O–H groups in total. The van der Waals surface area contributed by atoms with Crippen molar-refractivity contribution < 1.29 is 28.5 Å². The number of amides is 2. The summed E-state index contributed by atoms with van der Waals surface area (Å²) in [5, 5.41) is 3.31. The lowest BCUT2D eigenvalue weighted by atomic mass is 10.1. The first kappa shape index (κ1) is 27.1. The number of nitrogens with one attached hydrogen (secondary N) is 1. The topological polar surface area (TPSA) is 89.6 Å². The van der Waals surface area contributed by atoms with Crippen LogP contribution >= 0.6 is 12.4 Å². The largest absolute Gasteiger partial charge is 0.497 e. The Morgan fingerprint density at radius 3 is 1.88 bits per heavy atom. The zero-order valence-electron chi connectivity index (χ0n) is 20.0. The first-order chi connectivity index (χ1) is 16.0. The van der Waals surface area contributed by atoms with Crippen molar-refractivity contribution in [1.82, 2.24) is 15.1 Å². The van der Waals surface area contributed by atoms with Gasteiger partial charge in [0.05, 0.1) is 28.4 Å². The van der Waals surface area contributed by atoms with Crippen molar-refractivity contribution in [2.24, 2.45) is 0 Å². The maximum atomic E-state index is 12.7. The van der Waals surface area contributed by atoms with Gasteiger partial charge >= 0.3 is 11.8 Å². The molecular weight excluding hydrogens is 462 g/mol. The Morgan fingerprint density at radius 1 is 0.765 bits per heavy atom. The Labute approximate surface area is 206 Å². The molecule has 0 spiro atoms. The lowest BCUT2D eigenvalue weighted by molar-refractivity contribution is -0.156. The number of methoxy groups -OCH3 is 4. The highest BCUT2D eigenvalue weighted by molar-refractivity contribution is 6.35. The van der Waals surface area contributed by atoms with Crippen molar-refractivity contribution in [1.29, 1.82) is 0 Å². The molecule has 0 atom stereocenters. The van der Waals surface area contributed by atoms with Gasteiger partial charge in [-0.05, 0) is 18.2 Å². The number of nitrogens with zero attached hydrogens (tertiary/aromatic N) is 2. The van der Waals surface area contributed by atoms with Crippen LogP contribution in [0.3, 0.4) is 0 Å². The molecule has 1 heterocycles. The van der Waals surface area contributed by atoms with Crippen molar-refractivity contribution in [2.75, 3.05) is 54.6 Å². The summed E-state index contributed by atoms with van der Waals surface area (Å²) in [7, 11) is 6.37. The van der Waals surface area contributed by atoms with Crippen LogP contribution in [0, 0.1) is 0 Å². The van der Waals surface area contributed by atoms with E-state index in [4.69, 9.17) is 18.9 Å². The predicted octanol–water partition coefficient (Wildman–Crippen LogP) is 2.10. The molecule has 1 aliphatic heterocycles. The Morgan fingerprint density at radius 2 is 1.29 bits per heavy atom. The van der Waals surface area contributed by atoms with E-state index in [1.165, 1.54) is 0 Å². The standard InChI is InChI=1S/C24H31N3O6.ClH/c1-30-19-7-5-17(21(13-19)32-3)15-25-9-10-26-11-12-27(24(29)23(26)28)16-18-6-8-20(31-2)14-22(18)33-4;/h5-8,13-14,25H,9-12,15-16H2,1-4H3;1H. The molecule has 1 saturated heterocycles. The predicted molar refractivity (Wildman–Crippen MR) is 130 cm³/mol. The van der Waals surface area contributed by atoms with Crippen molar-refractivity contribution in [3.8, 4) is 23.0 Å². The van der Waals surface area contributed by atoms with Gasteiger partial charge in [-0.15, -0.1) is 12.4 Å². The zero-order chi connectivity index (χ0) is 23.8. The number of rotatable bonds is 11. The molecule has 0 aromatic heterocycles. The second-order valence-electron chi connectivity index (χ2n) is 7.55. The molecule has 9 nitrogen and oxygen atoms in total. The summed E-state index contributed by atoms with van der Waals surface area (Å²) >= 11 is 0. The number of benzene rings is 2. The number of piperazine rings is 1. The molecule has 0 aliphatic carbocycles. The maximum absolute atomic E-state index is 12.7. The SMILES string of the molecule is COc1ccc(CNCCN2CCN(Cc3ccc(OC)cc3OC)C(=O)C2=O)c(OC)c1.Cl. The van der Waals surface area contributed by atoms with Crippen molar-refractivity contribution in [3.63, 3.8) is 0 Å². The fourth-order valence-corrected chi connectivity index (χ4v) is 3.70. The highest BCUT2D eigenvalue weighted by Crippen LogP contribution is 2.26. The molecule has 3 rings (SSSR count). The normalized spacial score (nSPS) is 13.4. The van der Waals surface area contributed by atoms with E-state index in [-0.39, 0.29) is 12.4 Å². The summed E-state index contributed by atoms with van der Waals surface area (Å²) in [5.74, 6) is 1.76. The summed E-state index contributed by atoms with van der Waals surface area (Å²) in [6.07, 6.45) is 0. The first-order valence-corrected chi connectivity index (χ1v) is 10.7. The van der Waals surface area contributed by atoms with E-state index in [0.717, 1.165) is 22.6 Å². The van der Waals surface area contributed by atoms with Gasteiger partial charge in [0.2, 0.25) is 0 Å². The second kappa shape index (κ2) is 12.9. The first-order valence-electron chi connectivity index (χ1n) is 10.7. The van der Waals surface area contributed by atoms with E-state index in [1.807, 2.05) is 30.3 Å². The second-order valence-corrected chi connectivity index (χ2v) is 7.55. The zero-order valence-corrected chi connectivity index (χ0v) is 20.8. The minimum atomic E-state index is -0.504. The van der Waals surface area contributed by atoms with Gasteiger partial charge in [-0.3, -0.25) is 9.59 Å². The van der Waals surface area contributed by atoms with Crippen LogP contribution in [-0.4, -0.2) is 76.2 Å². The van der Waals surface area contributed by atoms with Gasteiger partial charge in [-0.25, -0.2) is 0 Å². The van der Waals surface area contributed by atoms with E-state index in [2.05, 4.69) is 5.32 Å². The van der Waals surface area contributed by atoms with Gasteiger partial charge < -0.3 is 34.1 Å². The lowest BCUT2D eigenvalue weighted by Crippen LogP contribution is -2.55. The van der Waals surface area contributed by atoms with Crippen LogP contribution in [0.1, 0.15) is 11.1 Å². The number of hydrogen-bond acceptors (Lipinski definition) is 7. The van der Waals surface area contributed by atoms with E-state index < -0.39 is 11.8 Å². The Kier molecular flexibility index (Phi) is 10.3. The van der Waals surface area contributed by atoms with Crippen LogP contribution in [0.4, 0.5) is 0 Å². The minimum absolute atomic E-state index is 0. The number of halogens is 1. The minimum Gasteiger partial charge on any atom is -0.497 e. The average molecular weight is 494 g/mol. The number of ether oxygens (including phenoxy) is 4. The van der Waals surface area contributed by atoms with Crippen LogP contribution in [0.2, 0.25) is 0 Å². The van der Waals surface area contributed by atoms with Crippen LogP contribution in [-0.2, 0) is 22.7 Å². The van der Waals surface area contributed by atoms with Crippen molar-refractivity contribution in [3.05, 3.63) is 47.5 Å². The molecule has 2 aromatic carbocycles. The average Bonchev–Trinajstić information content (AvgIpc) is 2.85. The Balaban J connectivity index is 0.00000408. The maximum Gasteiger partial charge on any atom is 0.312 e. The third kappa shape index (κ3) is 6.45. The van der Waals surface area contributed by atoms with Crippen molar-refractivity contribution in [2.45, 2.75) is 13.1 Å². The smallest absolute Gasteiger partial charge is 0.312 e. The van der Waals surface area contributed by atoms with Crippen LogP contribution in [0.25, 0.3) is 0 Å². The molecule has 1 fully saturated rings. The van der Waals surface area contributed by atoms with E-state index >= 15 is 0 Å². The molecular formula is C24H32ClN3O6. The molecule has 1 aliphatic rings. The van der Waals surface area contributed by atoms with Crippen molar-refractivity contribution >= 4 is 24.2 Å². The van der Waals surface area contributed by atoms with Crippen LogP contribution in [0.5, 0.6) is 23.0 Å². The fourth-order valence-electron chi connectivity index (χ4n) is 3.70.